The predicted octanol–water partition coefficient (Wildman–Crippen LogP) is 6.53. The third-order valence-corrected chi connectivity index (χ3v) is 8.72. The van der Waals surface area contributed by atoms with Crippen LogP contribution in [0.25, 0.3) is 5.20 Å². The SMILES string of the molecule is CCCCC1=C([Si](C)(C)NC(C)(C)C)c2cccc(C3C=CC=C3)c2C1. The average Bonchev–Trinajstić information content (AvgIpc) is 3.17. The van der Waals surface area contributed by atoms with E-state index in [9.17, 15) is 0 Å². The molecule has 0 saturated heterocycles. The fourth-order valence-electron chi connectivity index (χ4n) is 4.86. The fourth-order valence-corrected chi connectivity index (χ4v) is 8.87. The van der Waals surface area contributed by atoms with E-state index in [4.69, 9.17) is 0 Å². The van der Waals surface area contributed by atoms with Gasteiger partial charge in [0.25, 0.3) is 0 Å². The van der Waals surface area contributed by atoms with Crippen LogP contribution in [-0.4, -0.2) is 13.8 Å². The van der Waals surface area contributed by atoms with Crippen molar-refractivity contribution in [1.82, 2.24) is 4.98 Å². The minimum Gasteiger partial charge on any atom is -0.329 e. The highest BCUT2D eigenvalue weighted by molar-refractivity contribution is 6.93. The van der Waals surface area contributed by atoms with Crippen LogP contribution in [-0.2, 0) is 6.42 Å². The lowest BCUT2D eigenvalue weighted by atomic mass is 9.92. The first-order chi connectivity index (χ1) is 12.2. The predicted molar refractivity (Wildman–Crippen MR) is 118 cm³/mol. The Labute approximate surface area is 161 Å². The minimum absolute atomic E-state index is 0.149. The molecule has 1 nitrogen and oxygen atoms in total. The average molecular weight is 366 g/mol. The van der Waals surface area contributed by atoms with Gasteiger partial charge < -0.3 is 4.98 Å². The molecule has 2 aliphatic rings. The molecule has 0 radical (unpaired) electrons. The third-order valence-electron chi connectivity index (χ3n) is 5.48. The molecule has 0 amide bonds. The van der Waals surface area contributed by atoms with Crippen LogP contribution >= 0.6 is 0 Å². The first kappa shape index (κ1) is 19.4. The van der Waals surface area contributed by atoms with Crippen molar-refractivity contribution in [2.75, 3.05) is 0 Å². The van der Waals surface area contributed by atoms with Gasteiger partial charge >= 0.3 is 0 Å². The van der Waals surface area contributed by atoms with Crippen LogP contribution in [0.5, 0.6) is 0 Å². The van der Waals surface area contributed by atoms with Crippen molar-refractivity contribution in [3.8, 4) is 0 Å². The molecular formula is C24H35NSi. The maximum atomic E-state index is 4.03. The van der Waals surface area contributed by atoms with Gasteiger partial charge in [-0.2, -0.15) is 0 Å². The van der Waals surface area contributed by atoms with E-state index in [1.54, 1.807) is 16.3 Å². The number of benzene rings is 1. The van der Waals surface area contributed by atoms with E-state index >= 15 is 0 Å². The van der Waals surface area contributed by atoms with E-state index in [0.29, 0.717) is 5.92 Å². The lowest BCUT2D eigenvalue weighted by Gasteiger charge is -2.35. The normalized spacial score (nSPS) is 17.5. The van der Waals surface area contributed by atoms with Crippen molar-refractivity contribution in [2.24, 2.45) is 0 Å². The van der Waals surface area contributed by atoms with E-state index in [0.717, 1.165) is 6.42 Å². The number of rotatable bonds is 6. The summed E-state index contributed by atoms with van der Waals surface area (Å²) in [5, 5.41) is 1.68. The van der Waals surface area contributed by atoms with Gasteiger partial charge in [-0.15, -0.1) is 0 Å². The fraction of sp³-hybridized carbons (Fsp3) is 0.500. The summed E-state index contributed by atoms with van der Waals surface area (Å²) in [7, 11) is -1.74. The summed E-state index contributed by atoms with van der Waals surface area (Å²) >= 11 is 0. The molecule has 0 aromatic heterocycles. The molecule has 0 spiro atoms. The van der Waals surface area contributed by atoms with Crippen molar-refractivity contribution >= 4 is 13.4 Å². The lowest BCUT2D eigenvalue weighted by Crippen LogP contribution is -2.55. The van der Waals surface area contributed by atoms with E-state index in [1.807, 2.05) is 0 Å². The number of hydrogen-bond donors (Lipinski definition) is 1. The zero-order chi connectivity index (χ0) is 18.9. The van der Waals surface area contributed by atoms with Gasteiger partial charge in [-0.05, 0) is 61.9 Å². The molecule has 0 heterocycles. The Morgan fingerprint density at radius 2 is 1.81 bits per heavy atom. The number of allylic oxidation sites excluding steroid dienone is 5. The Morgan fingerprint density at radius 3 is 2.42 bits per heavy atom. The topological polar surface area (TPSA) is 12.0 Å². The maximum Gasteiger partial charge on any atom is 0.152 e. The summed E-state index contributed by atoms with van der Waals surface area (Å²) in [6.07, 6.45) is 14.0. The van der Waals surface area contributed by atoms with Crippen LogP contribution in [0.4, 0.5) is 0 Å². The second kappa shape index (κ2) is 7.32. The Bertz CT molecular complexity index is 747. The van der Waals surface area contributed by atoms with Gasteiger partial charge in [0.05, 0.1) is 0 Å². The van der Waals surface area contributed by atoms with Crippen LogP contribution < -0.4 is 4.98 Å². The maximum absolute atomic E-state index is 4.03. The molecule has 0 saturated carbocycles. The Hall–Kier alpha value is -1.38. The first-order valence-corrected chi connectivity index (χ1v) is 13.2. The quantitative estimate of drug-likeness (QED) is 0.565. The summed E-state index contributed by atoms with van der Waals surface area (Å²) in [6, 6.07) is 7.00. The van der Waals surface area contributed by atoms with Crippen molar-refractivity contribution in [3.05, 3.63) is 64.8 Å². The van der Waals surface area contributed by atoms with Gasteiger partial charge in [0, 0.05) is 11.5 Å². The second-order valence-electron chi connectivity index (χ2n) is 9.43. The molecule has 2 aliphatic carbocycles. The van der Waals surface area contributed by atoms with Crippen molar-refractivity contribution < 1.29 is 0 Å². The lowest BCUT2D eigenvalue weighted by molar-refractivity contribution is 0.515. The second-order valence-corrected chi connectivity index (χ2v) is 13.4. The molecule has 26 heavy (non-hydrogen) atoms. The minimum atomic E-state index is -1.74. The van der Waals surface area contributed by atoms with Crippen LogP contribution in [0.1, 0.15) is 69.6 Å². The standard InChI is InChI=1S/C24H35NSi/c1-7-8-12-19-17-22-20(18-13-9-10-14-18)15-11-16-21(22)23(19)26(5,6)25-24(2,3)4/h9-11,13-16,18,25H,7-8,12,17H2,1-6H3. The number of unbranched alkanes of at least 4 members (excludes halogenated alkanes) is 1. The summed E-state index contributed by atoms with van der Waals surface area (Å²) in [5.74, 6) is 0.456. The van der Waals surface area contributed by atoms with Crippen molar-refractivity contribution in [3.63, 3.8) is 0 Å². The molecule has 0 fully saturated rings. The summed E-state index contributed by atoms with van der Waals surface area (Å²) in [6.45, 7) is 14.2. The van der Waals surface area contributed by atoms with E-state index in [1.165, 1.54) is 30.4 Å². The van der Waals surface area contributed by atoms with Gasteiger partial charge in [-0.1, -0.05) is 74.5 Å². The highest BCUT2D eigenvalue weighted by Crippen LogP contribution is 2.43. The van der Waals surface area contributed by atoms with Gasteiger partial charge in [0.2, 0.25) is 0 Å². The number of hydrogen-bond acceptors (Lipinski definition) is 1. The molecule has 0 atom stereocenters. The summed E-state index contributed by atoms with van der Waals surface area (Å²) in [5.41, 5.74) is 6.49. The Morgan fingerprint density at radius 1 is 1.12 bits per heavy atom. The molecule has 1 aromatic rings. The number of nitrogens with one attached hydrogen (secondary N) is 1. The summed E-state index contributed by atoms with van der Waals surface area (Å²) in [4.78, 5) is 4.03. The van der Waals surface area contributed by atoms with Crippen LogP contribution in [0.3, 0.4) is 0 Å². The first-order valence-electron chi connectivity index (χ1n) is 10.2. The van der Waals surface area contributed by atoms with Crippen LogP contribution in [0.2, 0.25) is 13.1 Å². The molecule has 1 aromatic carbocycles. The van der Waals surface area contributed by atoms with Crippen molar-refractivity contribution in [1.29, 1.82) is 0 Å². The molecular weight excluding hydrogens is 330 g/mol. The largest absolute Gasteiger partial charge is 0.329 e. The molecule has 1 N–H and O–H groups in total. The highest BCUT2D eigenvalue weighted by atomic mass is 28.3. The number of fused-ring (bicyclic) bond motifs is 1. The molecule has 0 aliphatic heterocycles. The van der Waals surface area contributed by atoms with E-state index < -0.39 is 8.24 Å². The van der Waals surface area contributed by atoms with E-state index in [2.05, 4.69) is 88.3 Å². The van der Waals surface area contributed by atoms with Crippen LogP contribution in [0.15, 0.2) is 48.1 Å². The molecule has 140 valence electrons. The van der Waals surface area contributed by atoms with Gasteiger partial charge in [-0.25, -0.2) is 0 Å². The highest BCUT2D eigenvalue weighted by Gasteiger charge is 2.38. The van der Waals surface area contributed by atoms with Gasteiger partial charge in [-0.3, -0.25) is 0 Å². The molecule has 0 bridgehead atoms. The Balaban J connectivity index is 2.06. The van der Waals surface area contributed by atoms with Gasteiger partial charge in [0.15, 0.2) is 8.24 Å². The molecule has 0 unspecified atom stereocenters. The smallest absolute Gasteiger partial charge is 0.152 e. The zero-order valence-corrected chi connectivity index (χ0v) is 18.4. The van der Waals surface area contributed by atoms with E-state index in [-0.39, 0.29) is 5.54 Å². The van der Waals surface area contributed by atoms with Crippen LogP contribution in [0, 0.1) is 0 Å². The third kappa shape index (κ3) is 3.97. The Kier molecular flexibility index (Phi) is 5.46. The van der Waals surface area contributed by atoms with Crippen molar-refractivity contribution in [2.45, 2.75) is 77.9 Å². The summed E-state index contributed by atoms with van der Waals surface area (Å²) < 4.78 is 0. The van der Waals surface area contributed by atoms with Gasteiger partial charge in [0.1, 0.15) is 0 Å². The zero-order valence-electron chi connectivity index (χ0n) is 17.4. The molecule has 3 rings (SSSR count). The monoisotopic (exact) mass is 365 g/mol. The molecule has 2 heteroatoms.